The summed E-state index contributed by atoms with van der Waals surface area (Å²) >= 11 is 1.66. The molecule has 0 bridgehead atoms. The summed E-state index contributed by atoms with van der Waals surface area (Å²) in [4.78, 5) is 12.7. The average molecular weight is 502 g/mol. The number of hydrogen-bond acceptors (Lipinski definition) is 5. The summed E-state index contributed by atoms with van der Waals surface area (Å²) in [6.45, 7) is 7.37. The van der Waals surface area contributed by atoms with Gasteiger partial charge in [-0.05, 0) is 43.5 Å². The quantitative estimate of drug-likeness (QED) is 0.385. The summed E-state index contributed by atoms with van der Waals surface area (Å²) < 4.78 is 10.9. The number of rotatable bonds is 5. The first-order chi connectivity index (χ1) is 12.7. The van der Waals surface area contributed by atoms with Gasteiger partial charge < -0.3 is 19.7 Å². The van der Waals surface area contributed by atoms with Crippen LogP contribution in [0.3, 0.4) is 0 Å². The highest BCUT2D eigenvalue weighted by atomic mass is 127. The van der Waals surface area contributed by atoms with E-state index < -0.39 is 0 Å². The molecule has 1 aromatic carbocycles. The van der Waals surface area contributed by atoms with Gasteiger partial charge in [0.05, 0.1) is 32.0 Å². The van der Waals surface area contributed by atoms with Gasteiger partial charge in [0.15, 0.2) is 17.5 Å². The minimum absolute atomic E-state index is 0. The number of nitrogens with one attached hydrogen (secondary N) is 1. The Labute approximate surface area is 182 Å². The van der Waals surface area contributed by atoms with Crippen molar-refractivity contribution in [2.45, 2.75) is 33.4 Å². The van der Waals surface area contributed by atoms with Crippen LogP contribution in [0.5, 0.6) is 11.5 Å². The number of ether oxygens (including phenoxy) is 2. The SMILES string of the molecule is CCNC(=NCc1scnc1C)N1CCc2cc(OC)c(OC)cc2C1.I. The summed E-state index contributed by atoms with van der Waals surface area (Å²) in [5.41, 5.74) is 5.51. The molecular formula is C19H27IN4O2S. The largest absolute Gasteiger partial charge is 0.493 e. The molecule has 3 rings (SSSR count). The zero-order valence-corrected chi connectivity index (χ0v) is 19.4. The second-order valence-electron chi connectivity index (χ2n) is 6.18. The first-order valence-electron chi connectivity index (χ1n) is 8.82. The van der Waals surface area contributed by atoms with E-state index in [4.69, 9.17) is 14.5 Å². The van der Waals surface area contributed by atoms with Crippen molar-refractivity contribution in [2.75, 3.05) is 27.3 Å². The molecule has 2 aromatic rings. The molecule has 0 amide bonds. The highest BCUT2D eigenvalue weighted by molar-refractivity contribution is 14.0. The van der Waals surface area contributed by atoms with E-state index in [2.05, 4.69) is 34.3 Å². The lowest BCUT2D eigenvalue weighted by Gasteiger charge is -2.32. The number of halogens is 1. The fourth-order valence-corrected chi connectivity index (χ4v) is 3.81. The Morgan fingerprint density at radius 3 is 2.56 bits per heavy atom. The van der Waals surface area contributed by atoms with E-state index in [1.807, 2.05) is 12.4 Å². The third-order valence-electron chi connectivity index (χ3n) is 4.57. The first kappa shape index (κ1) is 21.7. The minimum atomic E-state index is 0. The number of fused-ring (bicyclic) bond motifs is 1. The maximum atomic E-state index is 5.46. The summed E-state index contributed by atoms with van der Waals surface area (Å²) in [6, 6.07) is 4.17. The molecule has 1 aliphatic rings. The van der Waals surface area contributed by atoms with Gasteiger partial charge in [-0.1, -0.05) is 0 Å². The zero-order chi connectivity index (χ0) is 18.5. The third kappa shape index (κ3) is 5.04. The number of aromatic nitrogens is 1. The lowest BCUT2D eigenvalue weighted by atomic mass is 9.99. The fraction of sp³-hybridized carbons (Fsp3) is 0.474. The normalized spacial score (nSPS) is 13.6. The van der Waals surface area contributed by atoms with Crippen LogP contribution in [0.1, 0.15) is 28.6 Å². The second-order valence-corrected chi connectivity index (χ2v) is 7.12. The van der Waals surface area contributed by atoms with Gasteiger partial charge in [-0.2, -0.15) is 0 Å². The van der Waals surface area contributed by atoms with Gasteiger partial charge >= 0.3 is 0 Å². The van der Waals surface area contributed by atoms with Crippen molar-refractivity contribution in [1.29, 1.82) is 0 Å². The summed E-state index contributed by atoms with van der Waals surface area (Å²) in [5.74, 6) is 2.51. The fourth-order valence-electron chi connectivity index (χ4n) is 3.11. The van der Waals surface area contributed by atoms with Crippen LogP contribution in [-0.4, -0.2) is 43.2 Å². The highest BCUT2D eigenvalue weighted by Crippen LogP contribution is 2.33. The van der Waals surface area contributed by atoms with Crippen molar-refractivity contribution in [3.63, 3.8) is 0 Å². The van der Waals surface area contributed by atoms with E-state index in [0.717, 1.165) is 49.2 Å². The van der Waals surface area contributed by atoms with Crippen molar-refractivity contribution in [3.05, 3.63) is 39.3 Å². The number of aliphatic imine (C=N–C) groups is 1. The Bertz CT molecular complexity index is 794. The maximum absolute atomic E-state index is 5.46. The molecule has 1 aromatic heterocycles. The molecule has 0 atom stereocenters. The van der Waals surface area contributed by atoms with Crippen LogP contribution in [0.15, 0.2) is 22.6 Å². The predicted octanol–water partition coefficient (Wildman–Crippen LogP) is 3.61. The van der Waals surface area contributed by atoms with Crippen molar-refractivity contribution in [2.24, 2.45) is 4.99 Å². The lowest BCUT2D eigenvalue weighted by molar-refractivity contribution is 0.346. The van der Waals surface area contributed by atoms with Crippen molar-refractivity contribution >= 4 is 41.3 Å². The van der Waals surface area contributed by atoms with E-state index in [-0.39, 0.29) is 24.0 Å². The van der Waals surface area contributed by atoms with Gasteiger partial charge in [0.2, 0.25) is 0 Å². The molecule has 0 aliphatic carbocycles. The van der Waals surface area contributed by atoms with Gasteiger partial charge in [0.1, 0.15) is 0 Å². The molecular weight excluding hydrogens is 475 g/mol. The molecule has 6 nitrogen and oxygen atoms in total. The molecule has 0 radical (unpaired) electrons. The number of hydrogen-bond donors (Lipinski definition) is 1. The molecule has 2 heterocycles. The monoisotopic (exact) mass is 502 g/mol. The third-order valence-corrected chi connectivity index (χ3v) is 5.49. The van der Waals surface area contributed by atoms with Gasteiger partial charge in [-0.3, -0.25) is 0 Å². The Balaban J connectivity index is 0.00000261. The van der Waals surface area contributed by atoms with Crippen LogP contribution < -0.4 is 14.8 Å². The van der Waals surface area contributed by atoms with E-state index in [0.29, 0.717) is 6.54 Å². The summed E-state index contributed by atoms with van der Waals surface area (Å²) in [6.07, 6.45) is 0.958. The maximum Gasteiger partial charge on any atom is 0.194 e. The number of thiazole rings is 1. The van der Waals surface area contributed by atoms with Gasteiger partial charge in [-0.25, -0.2) is 9.98 Å². The molecule has 27 heavy (non-hydrogen) atoms. The van der Waals surface area contributed by atoms with Gasteiger partial charge in [-0.15, -0.1) is 35.3 Å². The Kier molecular flexibility index (Phi) is 8.15. The Morgan fingerprint density at radius 1 is 1.26 bits per heavy atom. The summed E-state index contributed by atoms with van der Waals surface area (Å²) in [7, 11) is 3.35. The molecule has 1 aliphatic heterocycles. The van der Waals surface area contributed by atoms with Crippen molar-refractivity contribution < 1.29 is 9.47 Å². The summed E-state index contributed by atoms with van der Waals surface area (Å²) in [5, 5.41) is 3.42. The molecule has 1 N–H and O–H groups in total. The standard InChI is InChI=1S/C19H26N4O2S.HI/c1-5-20-19(21-10-18-13(2)22-12-26-18)23-7-6-14-8-16(24-3)17(25-4)9-15(14)11-23;/h8-9,12H,5-7,10-11H2,1-4H3,(H,20,21);1H. The number of benzene rings is 1. The number of aryl methyl sites for hydroxylation is 1. The second kappa shape index (κ2) is 10.1. The Hall–Kier alpha value is -1.55. The van der Waals surface area contributed by atoms with Crippen LogP contribution in [0.2, 0.25) is 0 Å². The van der Waals surface area contributed by atoms with Crippen molar-refractivity contribution in [1.82, 2.24) is 15.2 Å². The molecule has 0 saturated heterocycles. The topological polar surface area (TPSA) is 59.0 Å². The van der Waals surface area contributed by atoms with Crippen LogP contribution in [0.25, 0.3) is 0 Å². The van der Waals surface area contributed by atoms with E-state index in [1.165, 1.54) is 16.0 Å². The van der Waals surface area contributed by atoms with Crippen LogP contribution >= 0.6 is 35.3 Å². The molecule has 8 heteroatoms. The van der Waals surface area contributed by atoms with Gasteiger partial charge in [0.25, 0.3) is 0 Å². The minimum Gasteiger partial charge on any atom is -0.493 e. The van der Waals surface area contributed by atoms with Crippen LogP contribution in [-0.2, 0) is 19.5 Å². The average Bonchev–Trinajstić information content (AvgIpc) is 3.08. The predicted molar refractivity (Wildman–Crippen MR) is 121 cm³/mol. The highest BCUT2D eigenvalue weighted by Gasteiger charge is 2.21. The smallest absolute Gasteiger partial charge is 0.194 e. The Morgan fingerprint density at radius 2 is 1.96 bits per heavy atom. The van der Waals surface area contributed by atoms with Crippen LogP contribution in [0.4, 0.5) is 0 Å². The first-order valence-corrected chi connectivity index (χ1v) is 9.70. The van der Waals surface area contributed by atoms with Gasteiger partial charge in [0, 0.05) is 24.5 Å². The molecule has 148 valence electrons. The van der Waals surface area contributed by atoms with E-state index in [1.54, 1.807) is 25.6 Å². The van der Waals surface area contributed by atoms with Crippen molar-refractivity contribution in [3.8, 4) is 11.5 Å². The molecule has 0 unspecified atom stereocenters. The number of nitrogens with zero attached hydrogens (tertiary/aromatic N) is 3. The van der Waals surface area contributed by atoms with E-state index >= 15 is 0 Å². The number of guanidine groups is 1. The lowest BCUT2D eigenvalue weighted by Crippen LogP contribution is -2.44. The molecule has 0 fully saturated rings. The zero-order valence-electron chi connectivity index (χ0n) is 16.2. The molecule has 0 saturated carbocycles. The van der Waals surface area contributed by atoms with Crippen LogP contribution in [0, 0.1) is 6.92 Å². The van der Waals surface area contributed by atoms with E-state index in [9.17, 15) is 0 Å². The molecule has 0 spiro atoms. The number of methoxy groups -OCH3 is 2.